The van der Waals surface area contributed by atoms with E-state index in [4.69, 9.17) is 10.4 Å². The molecule has 0 amide bonds. The van der Waals surface area contributed by atoms with Crippen molar-refractivity contribution < 1.29 is 24.7 Å². The van der Waals surface area contributed by atoms with E-state index in [1.807, 2.05) is 6.07 Å². The maximum absolute atomic E-state index is 10.0. The van der Waals surface area contributed by atoms with Gasteiger partial charge in [0.1, 0.15) is 0 Å². The van der Waals surface area contributed by atoms with Crippen molar-refractivity contribution in [1.29, 1.82) is 5.26 Å². The molecule has 1 N–H and O–H groups in total. The Labute approximate surface area is 85.1 Å². The van der Waals surface area contributed by atoms with Gasteiger partial charge in [-0.2, -0.15) is 10.1 Å². The number of carboxylic acids is 1. The maximum Gasteiger partial charge on any atom is 0.333 e. The smallest absolute Gasteiger partial charge is 0.333 e. The lowest BCUT2D eigenvalue weighted by Crippen LogP contribution is -2.09. The van der Waals surface area contributed by atoms with Crippen LogP contribution in [0.15, 0.2) is 24.3 Å². The van der Waals surface area contributed by atoms with Crippen LogP contribution in [0.25, 0.3) is 0 Å². The normalized spacial score (nSPS) is 9.27. The summed E-state index contributed by atoms with van der Waals surface area (Å²) in [5, 5.41) is 20.9. The Bertz CT molecular complexity index is 384. The molecule has 0 bridgehead atoms. The van der Waals surface area contributed by atoms with Crippen molar-refractivity contribution in [3.8, 4) is 11.8 Å². The summed E-state index contributed by atoms with van der Waals surface area (Å²) in [7, 11) is 0. The number of carbonyl (C=O) groups is 1. The van der Waals surface area contributed by atoms with Gasteiger partial charge >= 0.3 is 5.97 Å². The van der Waals surface area contributed by atoms with Gasteiger partial charge in [-0.3, -0.25) is 0 Å². The molecular formula is C9H7NO5. The van der Waals surface area contributed by atoms with E-state index in [2.05, 4.69) is 14.8 Å². The Morgan fingerprint density at radius 1 is 1.53 bits per heavy atom. The van der Waals surface area contributed by atoms with Crippen molar-refractivity contribution in [2.45, 2.75) is 0 Å². The predicted octanol–water partition coefficient (Wildman–Crippen LogP) is 0.885. The molecule has 78 valence electrons. The van der Waals surface area contributed by atoms with Gasteiger partial charge < -0.3 is 9.99 Å². The molecule has 0 saturated carbocycles. The molecule has 0 aliphatic carbocycles. The highest BCUT2D eigenvalue weighted by Crippen LogP contribution is 2.12. The summed E-state index contributed by atoms with van der Waals surface area (Å²) in [5.74, 6) is -0.927. The van der Waals surface area contributed by atoms with Gasteiger partial charge in [0.05, 0.1) is 11.6 Å². The third-order valence-corrected chi connectivity index (χ3v) is 1.32. The molecular weight excluding hydrogens is 202 g/mol. The second-order valence-electron chi connectivity index (χ2n) is 2.45. The fourth-order valence-corrected chi connectivity index (χ4v) is 0.755. The van der Waals surface area contributed by atoms with Gasteiger partial charge in [0, 0.05) is 6.07 Å². The average Bonchev–Trinajstić information content (AvgIpc) is 2.24. The van der Waals surface area contributed by atoms with Crippen molar-refractivity contribution >= 4 is 5.97 Å². The zero-order valence-electron chi connectivity index (χ0n) is 7.54. The van der Waals surface area contributed by atoms with Crippen LogP contribution in [0.2, 0.25) is 0 Å². The van der Waals surface area contributed by atoms with Crippen LogP contribution in [0.1, 0.15) is 5.56 Å². The third-order valence-electron chi connectivity index (χ3n) is 1.32. The van der Waals surface area contributed by atoms with Gasteiger partial charge in [-0.15, -0.1) is 0 Å². The molecule has 0 aliphatic rings. The Morgan fingerprint density at radius 2 is 2.33 bits per heavy atom. The van der Waals surface area contributed by atoms with Gasteiger partial charge in [-0.25, -0.2) is 4.79 Å². The second kappa shape index (κ2) is 5.59. The summed E-state index contributed by atoms with van der Waals surface area (Å²) in [5.41, 5.74) is 0.398. The van der Waals surface area contributed by atoms with E-state index in [1.54, 1.807) is 12.1 Å². The van der Waals surface area contributed by atoms with Crippen molar-refractivity contribution in [3.05, 3.63) is 29.8 Å². The highest BCUT2D eigenvalue weighted by molar-refractivity contribution is 5.67. The summed E-state index contributed by atoms with van der Waals surface area (Å²) in [6.07, 6.45) is 0. The highest BCUT2D eigenvalue weighted by atomic mass is 17.5. The van der Waals surface area contributed by atoms with Crippen LogP contribution < -0.4 is 4.89 Å². The first kappa shape index (κ1) is 11.0. The molecule has 0 saturated heterocycles. The fourth-order valence-electron chi connectivity index (χ4n) is 0.755. The number of nitriles is 1. The first-order valence-corrected chi connectivity index (χ1v) is 3.90. The zero-order valence-corrected chi connectivity index (χ0v) is 7.54. The average molecular weight is 209 g/mol. The molecule has 0 aromatic heterocycles. The van der Waals surface area contributed by atoms with Gasteiger partial charge in [-0.1, -0.05) is 6.07 Å². The molecule has 0 atom stereocenters. The molecule has 0 aliphatic heterocycles. The standard InChI is InChI=1S/C9H7NO5/c10-5-7-2-1-3-8(4-7)14-15-13-6-9(11)12/h1-4H,6H2,(H,11,12). The van der Waals surface area contributed by atoms with E-state index in [0.717, 1.165) is 0 Å². The Morgan fingerprint density at radius 3 is 3.00 bits per heavy atom. The lowest BCUT2D eigenvalue weighted by Gasteiger charge is -2.01. The Hall–Kier alpha value is -2.10. The molecule has 1 rings (SSSR count). The van der Waals surface area contributed by atoms with E-state index < -0.39 is 12.6 Å². The minimum Gasteiger partial charge on any atom is -0.479 e. The van der Waals surface area contributed by atoms with Gasteiger partial charge in [-0.05, 0) is 17.2 Å². The van der Waals surface area contributed by atoms with Crippen LogP contribution in [-0.4, -0.2) is 17.7 Å². The van der Waals surface area contributed by atoms with Crippen LogP contribution in [-0.2, 0) is 14.7 Å². The molecule has 0 heterocycles. The quantitative estimate of drug-likeness (QED) is 0.440. The van der Waals surface area contributed by atoms with Crippen molar-refractivity contribution in [3.63, 3.8) is 0 Å². The van der Waals surface area contributed by atoms with E-state index in [1.165, 1.54) is 12.1 Å². The minimum absolute atomic E-state index is 0.249. The van der Waals surface area contributed by atoms with Gasteiger partial charge in [0.25, 0.3) is 0 Å². The molecule has 0 unspecified atom stereocenters. The SMILES string of the molecule is N#Cc1cccc(OOOCC(=O)O)c1. The zero-order chi connectivity index (χ0) is 11.1. The van der Waals surface area contributed by atoms with Crippen LogP contribution in [0.5, 0.6) is 5.75 Å². The molecule has 1 aromatic carbocycles. The predicted molar refractivity (Wildman–Crippen MR) is 46.5 cm³/mol. The molecule has 0 fully saturated rings. The number of carboxylic acid groups (broad SMARTS) is 1. The van der Waals surface area contributed by atoms with Crippen LogP contribution >= 0.6 is 0 Å². The monoisotopic (exact) mass is 209 g/mol. The van der Waals surface area contributed by atoms with E-state index >= 15 is 0 Å². The summed E-state index contributed by atoms with van der Waals surface area (Å²) < 4.78 is 0. The molecule has 0 spiro atoms. The van der Waals surface area contributed by atoms with Gasteiger partial charge in [0.15, 0.2) is 12.4 Å². The van der Waals surface area contributed by atoms with Crippen molar-refractivity contribution in [2.75, 3.05) is 6.61 Å². The number of hydrogen-bond acceptors (Lipinski definition) is 5. The molecule has 15 heavy (non-hydrogen) atoms. The molecule has 1 aromatic rings. The fraction of sp³-hybridized carbons (Fsp3) is 0.111. The largest absolute Gasteiger partial charge is 0.479 e. The summed E-state index contributed by atoms with van der Waals surface area (Å²) in [6, 6.07) is 8.04. The van der Waals surface area contributed by atoms with Crippen LogP contribution in [0, 0.1) is 11.3 Å². The van der Waals surface area contributed by atoms with E-state index in [-0.39, 0.29) is 5.75 Å². The number of hydrogen-bond donors (Lipinski definition) is 1. The molecule has 6 nitrogen and oxygen atoms in total. The number of rotatable bonds is 5. The maximum atomic E-state index is 10.0. The molecule has 6 heteroatoms. The van der Waals surface area contributed by atoms with Gasteiger partial charge in [0.2, 0.25) is 0 Å². The van der Waals surface area contributed by atoms with E-state index in [0.29, 0.717) is 5.56 Å². The Balaban J connectivity index is 2.38. The molecule has 0 radical (unpaired) electrons. The lowest BCUT2D eigenvalue weighted by atomic mass is 10.2. The van der Waals surface area contributed by atoms with Crippen LogP contribution in [0.3, 0.4) is 0 Å². The van der Waals surface area contributed by atoms with E-state index in [9.17, 15) is 4.79 Å². The highest BCUT2D eigenvalue weighted by Gasteiger charge is 2.00. The minimum atomic E-state index is -1.18. The van der Waals surface area contributed by atoms with Crippen molar-refractivity contribution in [2.24, 2.45) is 0 Å². The summed E-state index contributed by atoms with van der Waals surface area (Å²) >= 11 is 0. The Kier molecular flexibility index (Phi) is 4.09. The number of aliphatic carboxylic acids is 1. The van der Waals surface area contributed by atoms with Crippen molar-refractivity contribution in [1.82, 2.24) is 0 Å². The number of benzene rings is 1. The first-order valence-electron chi connectivity index (χ1n) is 3.90. The van der Waals surface area contributed by atoms with Crippen LogP contribution in [0.4, 0.5) is 0 Å². The third kappa shape index (κ3) is 4.08. The topological polar surface area (TPSA) is 88.8 Å². The number of nitrogens with zero attached hydrogens (tertiary/aromatic N) is 1. The second-order valence-corrected chi connectivity index (χ2v) is 2.45. The lowest BCUT2D eigenvalue weighted by molar-refractivity contribution is -0.462. The summed E-state index contributed by atoms with van der Waals surface area (Å²) in [6.45, 7) is -0.627. The first-order chi connectivity index (χ1) is 7.22. The summed E-state index contributed by atoms with van der Waals surface area (Å²) in [4.78, 5) is 18.7.